The number of thioether (sulfide) groups is 1. The second kappa shape index (κ2) is 5.13. The predicted octanol–water partition coefficient (Wildman–Crippen LogP) is 1.06. The van der Waals surface area contributed by atoms with Gasteiger partial charge in [0.2, 0.25) is 5.95 Å². The molecule has 3 N–H and O–H groups in total. The number of aromatic amines is 1. The number of imidazole rings is 1. The lowest BCUT2D eigenvalue weighted by Gasteiger charge is -2.02. The topological polar surface area (TPSA) is 89.7 Å². The number of ether oxygens (including phenoxy) is 1. The number of anilines is 1. The van der Waals surface area contributed by atoms with Gasteiger partial charge in [0.1, 0.15) is 10.5 Å². The highest BCUT2D eigenvalue weighted by Crippen LogP contribution is 2.23. The molecular formula is C9H13N5OS. The molecule has 0 amide bonds. The van der Waals surface area contributed by atoms with Crippen LogP contribution in [0.3, 0.4) is 0 Å². The zero-order chi connectivity index (χ0) is 11.4. The number of methoxy groups -OCH3 is 1. The van der Waals surface area contributed by atoms with Gasteiger partial charge < -0.3 is 15.5 Å². The predicted molar refractivity (Wildman–Crippen MR) is 63.3 cm³/mol. The lowest BCUT2D eigenvalue weighted by molar-refractivity contribution is 0.200. The number of nitrogen functional groups attached to an aromatic ring is 1. The third kappa shape index (κ3) is 2.42. The number of H-pyrrole nitrogens is 1. The van der Waals surface area contributed by atoms with Crippen LogP contribution >= 0.6 is 11.8 Å². The van der Waals surface area contributed by atoms with Gasteiger partial charge in [-0.2, -0.15) is 4.98 Å². The first-order chi connectivity index (χ1) is 7.81. The molecule has 0 aliphatic rings. The highest BCUT2D eigenvalue weighted by molar-refractivity contribution is 7.99. The number of rotatable bonds is 5. The van der Waals surface area contributed by atoms with Crippen LogP contribution in [0.2, 0.25) is 0 Å². The number of aromatic nitrogens is 4. The Balaban J connectivity index is 2.12. The summed E-state index contributed by atoms with van der Waals surface area (Å²) < 4.78 is 4.99. The summed E-state index contributed by atoms with van der Waals surface area (Å²) in [6.45, 7) is 0.750. The Bertz CT molecular complexity index is 472. The molecule has 0 aromatic carbocycles. The van der Waals surface area contributed by atoms with Crippen LogP contribution in [-0.4, -0.2) is 39.4 Å². The molecule has 0 aliphatic carbocycles. The maximum Gasteiger partial charge on any atom is 0.223 e. The van der Waals surface area contributed by atoms with Crippen LogP contribution in [0.4, 0.5) is 5.95 Å². The summed E-state index contributed by atoms with van der Waals surface area (Å²) in [4.78, 5) is 15.3. The van der Waals surface area contributed by atoms with Crippen molar-refractivity contribution >= 4 is 28.9 Å². The Kier molecular flexibility index (Phi) is 3.58. The number of nitrogens with two attached hydrogens (primary N) is 1. The van der Waals surface area contributed by atoms with E-state index in [4.69, 9.17) is 10.5 Å². The van der Waals surface area contributed by atoms with E-state index in [1.807, 2.05) is 0 Å². The van der Waals surface area contributed by atoms with Gasteiger partial charge in [-0.25, -0.2) is 9.97 Å². The summed E-state index contributed by atoms with van der Waals surface area (Å²) in [5.41, 5.74) is 7.06. The zero-order valence-electron chi connectivity index (χ0n) is 8.93. The minimum atomic E-state index is 0.258. The van der Waals surface area contributed by atoms with Gasteiger partial charge in [-0.05, 0) is 6.42 Å². The molecule has 2 aromatic heterocycles. The van der Waals surface area contributed by atoms with Crippen molar-refractivity contribution in [2.24, 2.45) is 0 Å². The Morgan fingerprint density at radius 1 is 1.50 bits per heavy atom. The van der Waals surface area contributed by atoms with E-state index >= 15 is 0 Å². The van der Waals surface area contributed by atoms with Crippen molar-refractivity contribution in [3.63, 3.8) is 0 Å². The number of hydrogen-bond donors (Lipinski definition) is 2. The zero-order valence-corrected chi connectivity index (χ0v) is 9.75. The molecule has 7 heteroatoms. The monoisotopic (exact) mass is 239 g/mol. The van der Waals surface area contributed by atoms with Crippen LogP contribution in [0.25, 0.3) is 11.2 Å². The average molecular weight is 239 g/mol. The fraction of sp³-hybridized carbons (Fsp3) is 0.444. The number of hydrogen-bond acceptors (Lipinski definition) is 6. The van der Waals surface area contributed by atoms with Crippen LogP contribution in [0.1, 0.15) is 6.42 Å². The molecular weight excluding hydrogens is 226 g/mol. The highest BCUT2D eigenvalue weighted by atomic mass is 32.2. The number of nitrogens with one attached hydrogen (secondary N) is 1. The quantitative estimate of drug-likeness (QED) is 0.461. The van der Waals surface area contributed by atoms with Crippen LogP contribution in [0, 0.1) is 0 Å². The maximum atomic E-state index is 5.60. The van der Waals surface area contributed by atoms with Gasteiger partial charge in [0.05, 0.1) is 6.33 Å². The largest absolute Gasteiger partial charge is 0.385 e. The normalized spacial score (nSPS) is 11.1. The molecule has 86 valence electrons. The molecule has 0 unspecified atom stereocenters. The summed E-state index contributed by atoms with van der Waals surface area (Å²) >= 11 is 1.63. The summed E-state index contributed by atoms with van der Waals surface area (Å²) in [7, 11) is 1.69. The van der Waals surface area contributed by atoms with Crippen molar-refractivity contribution in [1.29, 1.82) is 0 Å². The minimum Gasteiger partial charge on any atom is -0.385 e. The Morgan fingerprint density at radius 2 is 2.38 bits per heavy atom. The van der Waals surface area contributed by atoms with Crippen LogP contribution in [-0.2, 0) is 4.74 Å². The highest BCUT2D eigenvalue weighted by Gasteiger charge is 2.08. The Hall–Kier alpha value is -1.34. The lowest BCUT2D eigenvalue weighted by Crippen LogP contribution is -1.98. The molecule has 0 radical (unpaired) electrons. The molecule has 2 rings (SSSR count). The van der Waals surface area contributed by atoms with Crippen molar-refractivity contribution < 1.29 is 4.74 Å². The maximum absolute atomic E-state index is 5.60. The summed E-state index contributed by atoms with van der Waals surface area (Å²) in [6, 6.07) is 0. The van der Waals surface area contributed by atoms with E-state index in [2.05, 4.69) is 19.9 Å². The summed E-state index contributed by atoms with van der Waals surface area (Å²) in [6.07, 6.45) is 2.57. The fourth-order valence-electron chi connectivity index (χ4n) is 1.30. The van der Waals surface area contributed by atoms with E-state index < -0.39 is 0 Å². The molecule has 2 aromatic rings. The second-order valence-corrected chi connectivity index (χ2v) is 4.27. The van der Waals surface area contributed by atoms with Gasteiger partial charge in [-0.1, -0.05) is 0 Å². The lowest BCUT2D eigenvalue weighted by atomic mass is 10.5. The van der Waals surface area contributed by atoms with E-state index in [-0.39, 0.29) is 5.95 Å². The van der Waals surface area contributed by atoms with Gasteiger partial charge in [-0.3, -0.25) is 0 Å². The van der Waals surface area contributed by atoms with Crippen LogP contribution < -0.4 is 5.73 Å². The van der Waals surface area contributed by atoms with Gasteiger partial charge >= 0.3 is 0 Å². The summed E-state index contributed by atoms with van der Waals surface area (Å²) in [5.74, 6) is 1.19. The van der Waals surface area contributed by atoms with Crippen molar-refractivity contribution in [2.75, 3.05) is 25.2 Å². The van der Waals surface area contributed by atoms with Gasteiger partial charge in [0.25, 0.3) is 0 Å². The fourth-order valence-corrected chi connectivity index (χ4v) is 2.21. The molecule has 0 atom stereocenters. The molecule has 0 saturated carbocycles. The molecule has 6 nitrogen and oxygen atoms in total. The molecule has 0 saturated heterocycles. The van der Waals surface area contributed by atoms with E-state index in [0.717, 1.165) is 29.3 Å². The van der Waals surface area contributed by atoms with Gasteiger partial charge in [-0.15, -0.1) is 11.8 Å². The van der Waals surface area contributed by atoms with Gasteiger partial charge in [0.15, 0.2) is 5.65 Å². The molecule has 0 aliphatic heterocycles. The van der Waals surface area contributed by atoms with E-state index in [1.165, 1.54) is 0 Å². The summed E-state index contributed by atoms with van der Waals surface area (Å²) in [5, 5.41) is 0.844. The smallest absolute Gasteiger partial charge is 0.223 e. The first kappa shape index (κ1) is 11.2. The van der Waals surface area contributed by atoms with Gasteiger partial charge in [0, 0.05) is 19.5 Å². The minimum absolute atomic E-state index is 0.258. The Labute approximate surface area is 97.0 Å². The molecule has 16 heavy (non-hydrogen) atoms. The van der Waals surface area contributed by atoms with Crippen molar-refractivity contribution in [2.45, 2.75) is 11.4 Å². The molecule has 0 fully saturated rings. The van der Waals surface area contributed by atoms with E-state index in [0.29, 0.717) is 5.65 Å². The number of fused-ring (bicyclic) bond motifs is 1. The van der Waals surface area contributed by atoms with Crippen LogP contribution in [0.5, 0.6) is 0 Å². The van der Waals surface area contributed by atoms with E-state index in [1.54, 1.807) is 25.2 Å². The van der Waals surface area contributed by atoms with Crippen molar-refractivity contribution in [3.05, 3.63) is 6.33 Å². The Morgan fingerprint density at radius 3 is 3.19 bits per heavy atom. The first-order valence-electron chi connectivity index (χ1n) is 4.89. The van der Waals surface area contributed by atoms with Crippen molar-refractivity contribution in [1.82, 2.24) is 19.9 Å². The molecule has 2 heterocycles. The molecule has 0 spiro atoms. The SMILES string of the molecule is COCCCSc1nc(N)nc2nc[nH]c12. The average Bonchev–Trinajstić information content (AvgIpc) is 2.72. The van der Waals surface area contributed by atoms with Crippen molar-refractivity contribution in [3.8, 4) is 0 Å². The van der Waals surface area contributed by atoms with E-state index in [9.17, 15) is 0 Å². The third-order valence-corrected chi connectivity index (χ3v) is 3.06. The second-order valence-electron chi connectivity index (χ2n) is 3.18. The van der Waals surface area contributed by atoms with Crippen LogP contribution in [0.15, 0.2) is 11.4 Å². The molecule has 0 bridgehead atoms. The standard InChI is InChI=1S/C9H13N5OS/c1-15-3-2-4-16-8-6-7(12-5-11-6)13-9(10)14-8/h5H,2-4H2,1H3,(H3,10,11,12,13,14). The number of nitrogens with zero attached hydrogens (tertiary/aromatic N) is 3. The first-order valence-corrected chi connectivity index (χ1v) is 5.88. The third-order valence-electron chi connectivity index (χ3n) is 2.00.